The Morgan fingerprint density at radius 2 is 2.05 bits per heavy atom. The van der Waals surface area contributed by atoms with E-state index in [4.69, 9.17) is 17.3 Å². The van der Waals surface area contributed by atoms with E-state index in [9.17, 15) is 8.42 Å². The summed E-state index contributed by atoms with van der Waals surface area (Å²) < 4.78 is 27.6. The van der Waals surface area contributed by atoms with E-state index in [0.717, 1.165) is 19.3 Å². The molecule has 1 aliphatic rings. The van der Waals surface area contributed by atoms with Crippen molar-refractivity contribution in [1.82, 2.24) is 4.72 Å². The van der Waals surface area contributed by atoms with E-state index in [1.165, 1.54) is 12.5 Å². The molecule has 4 nitrogen and oxygen atoms in total. The molecule has 0 bridgehead atoms. The van der Waals surface area contributed by atoms with E-state index in [2.05, 4.69) is 11.6 Å². The molecule has 0 amide bonds. The first-order valence-corrected chi connectivity index (χ1v) is 8.71. The number of nitrogens with one attached hydrogen (secondary N) is 1. The number of benzene rings is 1. The number of hydrogen-bond acceptors (Lipinski definition) is 3. The molecule has 0 heterocycles. The second-order valence-corrected chi connectivity index (χ2v) is 7.82. The van der Waals surface area contributed by atoms with Gasteiger partial charge >= 0.3 is 0 Å². The van der Waals surface area contributed by atoms with Crippen molar-refractivity contribution in [2.45, 2.75) is 44.4 Å². The fraction of sp³-hybridized carbons (Fsp3) is 0.571. The Morgan fingerprint density at radius 3 is 2.55 bits per heavy atom. The largest absolute Gasteiger partial charge is 0.398 e. The lowest BCUT2D eigenvalue weighted by Gasteiger charge is -2.41. The van der Waals surface area contributed by atoms with Gasteiger partial charge in [-0.3, -0.25) is 0 Å². The smallest absolute Gasteiger partial charge is 0.240 e. The monoisotopic (exact) mass is 316 g/mol. The zero-order valence-electron chi connectivity index (χ0n) is 11.9. The van der Waals surface area contributed by atoms with Crippen molar-refractivity contribution in [1.29, 1.82) is 0 Å². The molecule has 20 heavy (non-hydrogen) atoms. The van der Waals surface area contributed by atoms with Gasteiger partial charge in [-0.1, -0.05) is 24.9 Å². The maximum absolute atomic E-state index is 12.4. The molecule has 1 fully saturated rings. The second kappa shape index (κ2) is 5.54. The van der Waals surface area contributed by atoms with Gasteiger partial charge in [-0.25, -0.2) is 13.1 Å². The van der Waals surface area contributed by atoms with Crippen LogP contribution < -0.4 is 10.5 Å². The molecular formula is C14H21ClN2O2S. The third kappa shape index (κ3) is 2.95. The van der Waals surface area contributed by atoms with Crippen molar-refractivity contribution in [3.63, 3.8) is 0 Å². The SMILES string of the molecule is CCC1(CNS(=O)(=O)c2cc(Cl)cc(N)c2C)CCC1. The van der Waals surface area contributed by atoms with Crippen LogP contribution in [0.2, 0.25) is 5.02 Å². The van der Waals surface area contributed by atoms with E-state index in [1.807, 2.05) is 0 Å². The van der Waals surface area contributed by atoms with Crippen LogP contribution in [0.1, 0.15) is 38.2 Å². The molecule has 0 radical (unpaired) electrons. The van der Waals surface area contributed by atoms with Gasteiger partial charge in [0.1, 0.15) is 0 Å². The van der Waals surface area contributed by atoms with Gasteiger partial charge in [0.2, 0.25) is 10.0 Å². The maximum Gasteiger partial charge on any atom is 0.240 e. The van der Waals surface area contributed by atoms with Gasteiger partial charge < -0.3 is 5.73 Å². The van der Waals surface area contributed by atoms with Crippen molar-refractivity contribution < 1.29 is 8.42 Å². The predicted molar refractivity (Wildman–Crippen MR) is 82.4 cm³/mol. The molecule has 1 aromatic carbocycles. The van der Waals surface area contributed by atoms with E-state index < -0.39 is 10.0 Å². The normalized spacial score (nSPS) is 17.8. The number of nitrogens with two attached hydrogens (primary N) is 1. The first-order valence-electron chi connectivity index (χ1n) is 6.85. The number of sulfonamides is 1. The van der Waals surface area contributed by atoms with Crippen LogP contribution in [0, 0.1) is 12.3 Å². The van der Waals surface area contributed by atoms with Crippen molar-refractivity contribution in [3.8, 4) is 0 Å². The molecular weight excluding hydrogens is 296 g/mol. The molecule has 0 atom stereocenters. The lowest BCUT2D eigenvalue weighted by molar-refractivity contribution is 0.133. The van der Waals surface area contributed by atoms with Gasteiger partial charge in [-0.05, 0) is 49.3 Å². The fourth-order valence-corrected chi connectivity index (χ4v) is 4.36. The topological polar surface area (TPSA) is 72.2 Å². The minimum absolute atomic E-state index is 0.130. The summed E-state index contributed by atoms with van der Waals surface area (Å²) in [6.45, 7) is 4.28. The lowest BCUT2D eigenvalue weighted by atomic mass is 9.67. The van der Waals surface area contributed by atoms with Crippen LogP contribution in [-0.2, 0) is 10.0 Å². The Labute approximate surface area is 125 Å². The van der Waals surface area contributed by atoms with Gasteiger partial charge in [0.05, 0.1) is 4.90 Å². The lowest BCUT2D eigenvalue weighted by Crippen LogP contribution is -2.41. The number of rotatable bonds is 5. The number of anilines is 1. The molecule has 0 aromatic heterocycles. The summed E-state index contributed by atoms with van der Waals surface area (Å²) in [4.78, 5) is 0.174. The summed E-state index contributed by atoms with van der Waals surface area (Å²) in [5, 5.41) is 0.335. The third-order valence-electron chi connectivity index (χ3n) is 4.46. The summed E-state index contributed by atoms with van der Waals surface area (Å²) in [5.74, 6) is 0. The first kappa shape index (κ1) is 15.6. The first-order chi connectivity index (χ1) is 9.30. The van der Waals surface area contributed by atoms with Crippen LogP contribution in [0.25, 0.3) is 0 Å². The number of hydrogen-bond donors (Lipinski definition) is 2. The highest BCUT2D eigenvalue weighted by molar-refractivity contribution is 7.89. The highest BCUT2D eigenvalue weighted by Crippen LogP contribution is 2.43. The van der Waals surface area contributed by atoms with Crippen molar-refractivity contribution in [3.05, 3.63) is 22.7 Å². The highest BCUT2D eigenvalue weighted by Gasteiger charge is 2.36. The molecule has 1 saturated carbocycles. The Morgan fingerprint density at radius 1 is 1.40 bits per heavy atom. The van der Waals surface area contributed by atoms with Gasteiger partial charge in [-0.15, -0.1) is 0 Å². The van der Waals surface area contributed by atoms with Crippen molar-refractivity contribution in [2.75, 3.05) is 12.3 Å². The molecule has 3 N–H and O–H groups in total. The van der Waals surface area contributed by atoms with E-state index >= 15 is 0 Å². The molecule has 0 spiro atoms. The fourth-order valence-electron chi connectivity index (χ4n) is 2.61. The van der Waals surface area contributed by atoms with Crippen LogP contribution in [0.15, 0.2) is 17.0 Å². The Balaban J connectivity index is 2.23. The summed E-state index contributed by atoms with van der Waals surface area (Å²) in [6.07, 6.45) is 4.34. The highest BCUT2D eigenvalue weighted by atomic mass is 35.5. The van der Waals surface area contributed by atoms with Crippen LogP contribution in [0.5, 0.6) is 0 Å². The molecule has 0 aliphatic heterocycles. The molecule has 0 saturated heterocycles. The Bertz CT molecular complexity index is 604. The van der Waals surface area contributed by atoms with Crippen LogP contribution in [0.3, 0.4) is 0 Å². The van der Waals surface area contributed by atoms with Gasteiger partial charge in [0, 0.05) is 17.3 Å². The van der Waals surface area contributed by atoms with Gasteiger partial charge in [0.25, 0.3) is 0 Å². The minimum Gasteiger partial charge on any atom is -0.398 e. The van der Waals surface area contributed by atoms with E-state index in [-0.39, 0.29) is 10.3 Å². The van der Waals surface area contributed by atoms with Gasteiger partial charge in [-0.2, -0.15) is 0 Å². The Hall–Kier alpha value is -0.780. The summed E-state index contributed by atoms with van der Waals surface area (Å²) in [6, 6.07) is 3.02. The molecule has 6 heteroatoms. The molecule has 1 aromatic rings. The Kier molecular flexibility index (Phi) is 4.33. The molecule has 2 rings (SSSR count). The summed E-state index contributed by atoms with van der Waals surface area (Å²) in [5.41, 5.74) is 6.85. The van der Waals surface area contributed by atoms with Crippen LogP contribution in [0.4, 0.5) is 5.69 Å². The average Bonchev–Trinajstić information content (AvgIpc) is 2.32. The van der Waals surface area contributed by atoms with Crippen LogP contribution in [-0.4, -0.2) is 15.0 Å². The van der Waals surface area contributed by atoms with Crippen LogP contribution >= 0.6 is 11.6 Å². The average molecular weight is 317 g/mol. The zero-order valence-corrected chi connectivity index (χ0v) is 13.4. The number of nitrogen functional groups attached to an aromatic ring is 1. The summed E-state index contributed by atoms with van der Waals surface area (Å²) in [7, 11) is -3.57. The third-order valence-corrected chi connectivity index (χ3v) is 6.20. The predicted octanol–water partition coefficient (Wildman–Crippen LogP) is 3.09. The summed E-state index contributed by atoms with van der Waals surface area (Å²) >= 11 is 5.91. The minimum atomic E-state index is -3.57. The zero-order chi connectivity index (χ0) is 15.0. The van der Waals surface area contributed by atoms with E-state index in [0.29, 0.717) is 22.8 Å². The number of halogens is 1. The molecule has 112 valence electrons. The maximum atomic E-state index is 12.4. The molecule has 1 aliphatic carbocycles. The quantitative estimate of drug-likeness (QED) is 0.820. The van der Waals surface area contributed by atoms with Gasteiger partial charge in [0.15, 0.2) is 0 Å². The van der Waals surface area contributed by atoms with Crippen molar-refractivity contribution in [2.24, 2.45) is 5.41 Å². The second-order valence-electron chi connectivity index (χ2n) is 5.65. The van der Waals surface area contributed by atoms with E-state index in [1.54, 1.807) is 13.0 Å². The standard InChI is InChI=1S/C14H21ClN2O2S/c1-3-14(5-4-6-14)9-17-20(18,19)13-8-11(15)7-12(16)10(13)2/h7-8,17H,3-6,9,16H2,1-2H3. The van der Waals surface area contributed by atoms with Crippen molar-refractivity contribution >= 4 is 27.3 Å². The molecule has 0 unspecified atom stereocenters.